The first-order valence-electron chi connectivity index (χ1n) is 7.22. The molecular weight excluding hydrogens is 281 g/mol. The largest absolute Gasteiger partial charge is 0.356 e. The van der Waals surface area contributed by atoms with E-state index in [1.807, 2.05) is 37.5 Å². The van der Waals surface area contributed by atoms with Crippen molar-refractivity contribution in [3.05, 3.63) is 53.6 Å². The van der Waals surface area contributed by atoms with Crippen LogP contribution in [0.5, 0.6) is 0 Å². The minimum absolute atomic E-state index is 0.217. The van der Waals surface area contributed by atoms with E-state index in [9.17, 15) is 4.39 Å². The fourth-order valence-electron chi connectivity index (χ4n) is 2.29. The van der Waals surface area contributed by atoms with Gasteiger partial charge in [0.15, 0.2) is 5.96 Å². The normalized spacial score (nSPS) is 11.5. The fourth-order valence-corrected chi connectivity index (χ4v) is 2.29. The predicted octanol–water partition coefficient (Wildman–Crippen LogP) is 1.81. The summed E-state index contributed by atoms with van der Waals surface area (Å²) in [5.74, 6) is 0.568. The van der Waals surface area contributed by atoms with Gasteiger partial charge in [-0.2, -0.15) is 5.10 Å². The number of aromatic nitrogens is 2. The van der Waals surface area contributed by atoms with Crippen molar-refractivity contribution in [1.29, 1.82) is 0 Å². The Morgan fingerprint density at radius 2 is 2.23 bits per heavy atom. The molecule has 22 heavy (non-hydrogen) atoms. The van der Waals surface area contributed by atoms with Crippen LogP contribution in [-0.4, -0.2) is 41.3 Å². The van der Waals surface area contributed by atoms with Crippen molar-refractivity contribution >= 4 is 5.96 Å². The average Bonchev–Trinajstić information content (AvgIpc) is 2.89. The Morgan fingerprint density at radius 1 is 1.41 bits per heavy atom. The standard InChI is InChI=1S/C16H22FN5/c1-18-16(19-8-7-14-10-20-22(3)12-14)21(2)11-13-5-4-6-15(17)9-13/h4-6,9-10,12H,7-8,11H2,1-3H3,(H,18,19). The molecule has 0 radical (unpaired) electrons. The van der Waals surface area contributed by atoms with Crippen molar-refractivity contribution in [3.8, 4) is 0 Å². The number of aryl methyl sites for hydroxylation is 1. The molecule has 0 fully saturated rings. The number of halogens is 1. The van der Waals surface area contributed by atoms with Crippen LogP contribution >= 0.6 is 0 Å². The minimum atomic E-state index is -0.217. The summed E-state index contributed by atoms with van der Waals surface area (Å²) in [5, 5.41) is 7.45. The summed E-state index contributed by atoms with van der Waals surface area (Å²) in [6.45, 7) is 1.37. The Kier molecular flexibility index (Phi) is 5.52. The molecule has 1 aromatic carbocycles. The Balaban J connectivity index is 1.85. The van der Waals surface area contributed by atoms with Crippen LogP contribution in [0.1, 0.15) is 11.1 Å². The lowest BCUT2D eigenvalue weighted by atomic mass is 10.2. The summed E-state index contributed by atoms with van der Waals surface area (Å²) in [6, 6.07) is 6.61. The highest BCUT2D eigenvalue weighted by molar-refractivity contribution is 5.79. The summed E-state index contributed by atoms with van der Waals surface area (Å²) in [5.41, 5.74) is 2.09. The molecule has 0 spiro atoms. The van der Waals surface area contributed by atoms with E-state index in [0.717, 1.165) is 24.5 Å². The van der Waals surface area contributed by atoms with Crippen LogP contribution in [0.15, 0.2) is 41.7 Å². The number of aliphatic imine (C=N–C) groups is 1. The van der Waals surface area contributed by atoms with E-state index in [1.165, 1.54) is 11.6 Å². The first-order chi connectivity index (χ1) is 10.6. The first kappa shape index (κ1) is 16.0. The third kappa shape index (κ3) is 4.58. The second-order valence-electron chi connectivity index (χ2n) is 5.23. The van der Waals surface area contributed by atoms with E-state index < -0.39 is 0 Å². The quantitative estimate of drug-likeness (QED) is 0.677. The van der Waals surface area contributed by atoms with Crippen LogP contribution in [0.4, 0.5) is 4.39 Å². The highest BCUT2D eigenvalue weighted by Gasteiger charge is 2.07. The van der Waals surface area contributed by atoms with Crippen LogP contribution in [-0.2, 0) is 20.0 Å². The summed E-state index contributed by atoms with van der Waals surface area (Å²) < 4.78 is 15.0. The van der Waals surface area contributed by atoms with Gasteiger partial charge < -0.3 is 10.2 Å². The second-order valence-corrected chi connectivity index (χ2v) is 5.23. The molecule has 0 aliphatic carbocycles. The van der Waals surface area contributed by atoms with E-state index in [0.29, 0.717) is 6.54 Å². The van der Waals surface area contributed by atoms with Gasteiger partial charge in [0, 0.05) is 40.4 Å². The molecule has 6 heteroatoms. The Morgan fingerprint density at radius 3 is 2.86 bits per heavy atom. The van der Waals surface area contributed by atoms with Gasteiger partial charge in [-0.3, -0.25) is 9.67 Å². The van der Waals surface area contributed by atoms with E-state index in [2.05, 4.69) is 15.4 Å². The monoisotopic (exact) mass is 303 g/mol. The third-order valence-electron chi connectivity index (χ3n) is 3.34. The van der Waals surface area contributed by atoms with Crippen molar-refractivity contribution in [2.75, 3.05) is 20.6 Å². The molecule has 1 heterocycles. The number of rotatable bonds is 5. The molecule has 0 amide bonds. The molecule has 0 bridgehead atoms. The molecule has 1 aromatic heterocycles. The highest BCUT2D eigenvalue weighted by Crippen LogP contribution is 2.06. The lowest BCUT2D eigenvalue weighted by Crippen LogP contribution is -2.39. The highest BCUT2D eigenvalue weighted by atomic mass is 19.1. The summed E-state index contributed by atoms with van der Waals surface area (Å²) >= 11 is 0. The molecule has 1 N–H and O–H groups in total. The van der Waals surface area contributed by atoms with Crippen LogP contribution in [0, 0.1) is 5.82 Å². The summed E-state index contributed by atoms with van der Waals surface area (Å²) in [4.78, 5) is 6.23. The topological polar surface area (TPSA) is 45.5 Å². The molecule has 0 atom stereocenters. The van der Waals surface area contributed by atoms with Crippen LogP contribution < -0.4 is 5.32 Å². The lowest BCUT2D eigenvalue weighted by Gasteiger charge is -2.22. The molecule has 2 aromatic rings. The molecule has 0 aliphatic rings. The predicted molar refractivity (Wildman–Crippen MR) is 86.1 cm³/mol. The van der Waals surface area contributed by atoms with Crippen LogP contribution in [0.2, 0.25) is 0 Å². The molecule has 2 rings (SSSR count). The van der Waals surface area contributed by atoms with Gasteiger partial charge in [0.2, 0.25) is 0 Å². The minimum Gasteiger partial charge on any atom is -0.356 e. The van der Waals surface area contributed by atoms with E-state index in [4.69, 9.17) is 0 Å². The number of nitrogens with one attached hydrogen (secondary N) is 1. The molecule has 0 saturated heterocycles. The van der Waals surface area contributed by atoms with Crippen molar-refractivity contribution < 1.29 is 4.39 Å². The van der Waals surface area contributed by atoms with Crippen LogP contribution in [0.25, 0.3) is 0 Å². The lowest BCUT2D eigenvalue weighted by molar-refractivity contribution is 0.475. The summed E-state index contributed by atoms with van der Waals surface area (Å²) in [6.07, 6.45) is 4.74. The first-order valence-corrected chi connectivity index (χ1v) is 7.22. The molecule has 0 saturated carbocycles. The number of hydrogen-bond acceptors (Lipinski definition) is 2. The maximum absolute atomic E-state index is 13.2. The number of hydrogen-bond donors (Lipinski definition) is 1. The SMILES string of the molecule is CN=C(NCCc1cnn(C)c1)N(C)Cc1cccc(F)c1. The molecule has 0 aliphatic heterocycles. The third-order valence-corrected chi connectivity index (χ3v) is 3.34. The van der Waals surface area contributed by atoms with Crippen molar-refractivity contribution in [2.24, 2.45) is 12.0 Å². The zero-order valence-corrected chi connectivity index (χ0v) is 13.3. The zero-order valence-electron chi connectivity index (χ0n) is 13.3. The Hall–Kier alpha value is -2.37. The van der Waals surface area contributed by atoms with Gasteiger partial charge in [-0.25, -0.2) is 4.39 Å². The zero-order chi connectivity index (χ0) is 15.9. The fraction of sp³-hybridized carbons (Fsp3) is 0.375. The van der Waals surface area contributed by atoms with E-state index >= 15 is 0 Å². The maximum Gasteiger partial charge on any atom is 0.193 e. The van der Waals surface area contributed by atoms with Crippen LogP contribution in [0.3, 0.4) is 0 Å². The molecule has 0 unspecified atom stereocenters. The number of nitrogens with zero attached hydrogens (tertiary/aromatic N) is 4. The Labute approximate surface area is 130 Å². The van der Waals surface area contributed by atoms with Gasteiger partial charge in [0.25, 0.3) is 0 Å². The van der Waals surface area contributed by atoms with Gasteiger partial charge in [0.1, 0.15) is 5.82 Å². The van der Waals surface area contributed by atoms with E-state index in [1.54, 1.807) is 23.9 Å². The van der Waals surface area contributed by atoms with Gasteiger partial charge in [-0.05, 0) is 29.7 Å². The van der Waals surface area contributed by atoms with E-state index in [-0.39, 0.29) is 5.82 Å². The maximum atomic E-state index is 13.2. The van der Waals surface area contributed by atoms with Crippen molar-refractivity contribution in [1.82, 2.24) is 20.0 Å². The van der Waals surface area contributed by atoms with Crippen molar-refractivity contribution in [3.63, 3.8) is 0 Å². The molecule has 5 nitrogen and oxygen atoms in total. The second kappa shape index (κ2) is 7.59. The molecular formula is C16H22FN5. The molecule has 118 valence electrons. The summed E-state index contributed by atoms with van der Waals surface area (Å²) in [7, 11) is 5.58. The van der Waals surface area contributed by atoms with Gasteiger partial charge in [-0.1, -0.05) is 12.1 Å². The van der Waals surface area contributed by atoms with Gasteiger partial charge >= 0.3 is 0 Å². The average molecular weight is 303 g/mol. The number of guanidine groups is 1. The van der Waals surface area contributed by atoms with Crippen molar-refractivity contribution in [2.45, 2.75) is 13.0 Å². The Bertz CT molecular complexity index is 635. The smallest absolute Gasteiger partial charge is 0.193 e. The number of benzene rings is 1. The van der Waals surface area contributed by atoms with Gasteiger partial charge in [0.05, 0.1) is 6.20 Å². The van der Waals surface area contributed by atoms with Gasteiger partial charge in [-0.15, -0.1) is 0 Å².